The van der Waals surface area contributed by atoms with Gasteiger partial charge in [-0.05, 0) is 23.8 Å². The Hall–Kier alpha value is -1.70. The van der Waals surface area contributed by atoms with Crippen LogP contribution in [0, 0.1) is 6.92 Å². The smallest absolute Gasteiger partial charge is 0.161 e. The van der Waals surface area contributed by atoms with Crippen molar-refractivity contribution >= 4 is 10.8 Å². The average Bonchev–Trinajstić information content (AvgIpc) is 2.15. The third-order valence-electron chi connectivity index (χ3n) is 2.25. The number of aromatic hydroxyl groups is 2. The van der Waals surface area contributed by atoms with Crippen LogP contribution < -0.4 is 0 Å². The molecule has 0 aliphatic rings. The molecule has 2 rings (SSSR count). The van der Waals surface area contributed by atoms with Gasteiger partial charge in [0.05, 0.1) is 0 Å². The summed E-state index contributed by atoms with van der Waals surface area (Å²) in [5, 5.41) is 20.7. The van der Waals surface area contributed by atoms with Crippen LogP contribution in [0.5, 0.6) is 11.5 Å². The molecule has 66 valence electrons. The quantitative estimate of drug-likeness (QED) is 0.602. The molecular weight excluding hydrogens is 164 g/mol. The third kappa shape index (κ3) is 1.11. The van der Waals surface area contributed by atoms with Gasteiger partial charge in [-0.25, -0.2) is 0 Å². The lowest BCUT2D eigenvalue weighted by Gasteiger charge is -2.05. The molecule has 0 radical (unpaired) electrons. The van der Waals surface area contributed by atoms with E-state index in [0.717, 1.165) is 16.3 Å². The molecule has 0 aromatic heterocycles. The molecule has 2 heteroatoms. The summed E-state index contributed by atoms with van der Waals surface area (Å²) in [6.45, 7) is 1.79. The highest BCUT2D eigenvalue weighted by molar-refractivity contribution is 5.89. The number of hydrogen-bond donors (Lipinski definition) is 2. The second-order valence-electron chi connectivity index (χ2n) is 3.09. The summed E-state index contributed by atoms with van der Waals surface area (Å²) in [6, 6.07) is 9.20. The Kier molecular flexibility index (Phi) is 1.62. The standard InChI is InChI=1S/C11H10O2/c1-7-9-5-3-2-4-8(9)6-10(12)11(7)13/h2-6,12-13H,1H3. The highest BCUT2D eigenvalue weighted by atomic mass is 16.3. The van der Waals surface area contributed by atoms with Crippen molar-refractivity contribution in [1.82, 2.24) is 0 Å². The SMILES string of the molecule is Cc1c(O)c(O)cc2ccccc12. The Morgan fingerprint density at radius 1 is 1.08 bits per heavy atom. The van der Waals surface area contributed by atoms with Crippen molar-refractivity contribution in [3.05, 3.63) is 35.9 Å². The number of phenolic OH excluding ortho intramolecular Hbond substituents is 2. The number of hydrogen-bond acceptors (Lipinski definition) is 2. The van der Waals surface area contributed by atoms with Gasteiger partial charge in [0, 0.05) is 5.56 Å². The van der Waals surface area contributed by atoms with Gasteiger partial charge in [-0.15, -0.1) is 0 Å². The summed E-state index contributed by atoms with van der Waals surface area (Å²) in [5.41, 5.74) is 0.718. The van der Waals surface area contributed by atoms with Gasteiger partial charge < -0.3 is 10.2 Å². The minimum atomic E-state index is -0.0591. The van der Waals surface area contributed by atoms with E-state index in [1.807, 2.05) is 24.3 Å². The Morgan fingerprint density at radius 2 is 1.77 bits per heavy atom. The molecule has 13 heavy (non-hydrogen) atoms. The van der Waals surface area contributed by atoms with Crippen LogP contribution in [0.1, 0.15) is 5.56 Å². The monoisotopic (exact) mass is 174 g/mol. The van der Waals surface area contributed by atoms with Crippen LogP contribution >= 0.6 is 0 Å². The molecule has 0 spiro atoms. The minimum absolute atomic E-state index is 0.0290. The maximum atomic E-state index is 9.45. The predicted molar refractivity (Wildman–Crippen MR) is 52.0 cm³/mol. The summed E-state index contributed by atoms with van der Waals surface area (Å²) >= 11 is 0. The van der Waals surface area contributed by atoms with E-state index in [-0.39, 0.29) is 11.5 Å². The van der Waals surface area contributed by atoms with E-state index in [9.17, 15) is 10.2 Å². The number of rotatable bonds is 0. The van der Waals surface area contributed by atoms with E-state index < -0.39 is 0 Å². The molecular formula is C11H10O2. The van der Waals surface area contributed by atoms with Crippen LogP contribution in [0.15, 0.2) is 30.3 Å². The van der Waals surface area contributed by atoms with E-state index in [4.69, 9.17) is 0 Å². The molecule has 0 aliphatic heterocycles. The topological polar surface area (TPSA) is 40.5 Å². The van der Waals surface area contributed by atoms with Gasteiger partial charge in [-0.3, -0.25) is 0 Å². The van der Waals surface area contributed by atoms with Crippen LogP contribution in [-0.4, -0.2) is 10.2 Å². The highest BCUT2D eigenvalue weighted by Gasteiger charge is 2.06. The van der Waals surface area contributed by atoms with Crippen molar-refractivity contribution in [3.8, 4) is 11.5 Å². The molecule has 0 bridgehead atoms. The lowest BCUT2D eigenvalue weighted by atomic mass is 10.0. The van der Waals surface area contributed by atoms with Crippen LogP contribution in [0.25, 0.3) is 10.8 Å². The van der Waals surface area contributed by atoms with Crippen molar-refractivity contribution in [3.63, 3.8) is 0 Å². The molecule has 0 amide bonds. The Morgan fingerprint density at radius 3 is 2.54 bits per heavy atom. The average molecular weight is 174 g/mol. The van der Waals surface area contributed by atoms with Gasteiger partial charge >= 0.3 is 0 Å². The van der Waals surface area contributed by atoms with E-state index in [0.29, 0.717) is 0 Å². The lowest BCUT2D eigenvalue weighted by molar-refractivity contribution is 0.402. The molecule has 0 aliphatic carbocycles. The fourth-order valence-electron chi connectivity index (χ4n) is 1.50. The minimum Gasteiger partial charge on any atom is -0.504 e. The summed E-state index contributed by atoms with van der Waals surface area (Å²) in [7, 11) is 0. The van der Waals surface area contributed by atoms with Crippen LogP contribution in [0.3, 0.4) is 0 Å². The van der Waals surface area contributed by atoms with Crippen LogP contribution in [0.2, 0.25) is 0 Å². The van der Waals surface area contributed by atoms with Crippen molar-refractivity contribution < 1.29 is 10.2 Å². The van der Waals surface area contributed by atoms with Gasteiger partial charge in [0.15, 0.2) is 11.5 Å². The van der Waals surface area contributed by atoms with Crippen molar-refractivity contribution in [2.24, 2.45) is 0 Å². The normalized spacial score (nSPS) is 10.5. The fraction of sp³-hybridized carbons (Fsp3) is 0.0909. The van der Waals surface area contributed by atoms with Crippen molar-refractivity contribution in [2.45, 2.75) is 6.92 Å². The van der Waals surface area contributed by atoms with Gasteiger partial charge in [0.25, 0.3) is 0 Å². The Balaban J connectivity index is 2.94. The first-order valence-corrected chi connectivity index (χ1v) is 4.10. The molecule has 2 N–H and O–H groups in total. The van der Waals surface area contributed by atoms with Crippen molar-refractivity contribution in [2.75, 3.05) is 0 Å². The number of fused-ring (bicyclic) bond motifs is 1. The van der Waals surface area contributed by atoms with Crippen LogP contribution in [0.4, 0.5) is 0 Å². The Bertz CT molecular complexity index is 461. The molecule has 2 aromatic rings. The second kappa shape index (κ2) is 2.66. The summed E-state index contributed by atoms with van der Waals surface area (Å²) in [6.07, 6.45) is 0. The number of benzene rings is 2. The summed E-state index contributed by atoms with van der Waals surface area (Å²) < 4.78 is 0. The first-order chi connectivity index (χ1) is 6.20. The molecule has 0 saturated carbocycles. The predicted octanol–water partition coefficient (Wildman–Crippen LogP) is 2.56. The van der Waals surface area contributed by atoms with Gasteiger partial charge in [-0.1, -0.05) is 24.3 Å². The Labute approximate surface area is 76.1 Å². The zero-order valence-electron chi connectivity index (χ0n) is 7.28. The highest BCUT2D eigenvalue weighted by Crippen LogP contribution is 2.34. The molecule has 0 heterocycles. The van der Waals surface area contributed by atoms with Gasteiger partial charge in [0.1, 0.15) is 0 Å². The number of phenols is 2. The maximum Gasteiger partial charge on any atom is 0.161 e. The van der Waals surface area contributed by atoms with Gasteiger partial charge in [0.2, 0.25) is 0 Å². The first kappa shape index (κ1) is 7.92. The van der Waals surface area contributed by atoms with Gasteiger partial charge in [-0.2, -0.15) is 0 Å². The lowest BCUT2D eigenvalue weighted by Crippen LogP contribution is -1.80. The second-order valence-corrected chi connectivity index (χ2v) is 3.09. The van der Waals surface area contributed by atoms with Crippen molar-refractivity contribution in [1.29, 1.82) is 0 Å². The van der Waals surface area contributed by atoms with E-state index >= 15 is 0 Å². The van der Waals surface area contributed by atoms with Crippen LogP contribution in [-0.2, 0) is 0 Å². The molecule has 2 nitrogen and oxygen atoms in total. The molecule has 0 atom stereocenters. The van der Waals surface area contributed by atoms with E-state index in [1.54, 1.807) is 13.0 Å². The summed E-state index contributed by atoms with van der Waals surface area (Å²) in [4.78, 5) is 0. The molecule has 0 saturated heterocycles. The molecule has 0 fully saturated rings. The zero-order chi connectivity index (χ0) is 9.42. The molecule has 0 unspecified atom stereocenters. The number of aryl methyl sites for hydroxylation is 1. The summed E-state index contributed by atoms with van der Waals surface area (Å²) in [5.74, 6) is -0.0881. The first-order valence-electron chi connectivity index (χ1n) is 4.10. The van der Waals surface area contributed by atoms with E-state index in [1.165, 1.54) is 0 Å². The molecule has 2 aromatic carbocycles. The maximum absolute atomic E-state index is 9.45. The van der Waals surface area contributed by atoms with E-state index in [2.05, 4.69) is 0 Å². The fourth-order valence-corrected chi connectivity index (χ4v) is 1.50. The largest absolute Gasteiger partial charge is 0.504 e. The third-order valence-corrected chi connectivity index (χ3v) is 2.25. The zero-order valence-corrected chi connectivity index (χ0v) is 7.28.